The standard InChI is InChI=1S/C21H17ClF4N2O3S/c1-28(9-17(29)27-11-6-7-14(22)13(8-11)21(24,25)26)20(30)19-12(10-31-2)18-15(23)4-3-5-16(18)32-19/h3-8H,9-10H2,1-2H3,(H,27,29). The topological polar surface area (TPSA) is 58.6 Å². The van der Waals surface area contributed by atoms with Gasteiger partial charge < -0.3 is 15.0 Å². The van der Waals surface area contributed by atoms with Gasteiger partial charge in [0, 0.05) is 35.5 Å². The predicted octanol–water partition coefficient (Wildman–Crippen LogP) is 5.57. The van der Waals surface area contributed by atoms with Gasteiger partial charge in [-0.15, -0.1) is 11.3 Å². The monoisotopic (exact) mass is 488 g/mol. The number of carbonyl (C=O) groups is 2. The van der Waals surface area contributed by atoms with Crippen LogP contribution in [-0.4, -0.2) is 37.4 Å². The van der Waals surface area contributed by atoms with Gasteiger partial charge in [0.25, 0.3) is 5.91 Å². The molecule has 0 saturated heterocycles. The minimum absolute atomic E-state index is 0.00691. The molecular weight excluding hydrogens is 472 g/mol. The van der Waals surface area contributed by atoms with Gasteiger partial charge in [-0.1, -0.05) is 17.7 Å². The first-order valence-electron chi connectivity index (χ1n) is 9.13. The number of hydrogen-bond donors (Lipinski definition) is 1. The number of halogens is 5. The fourth-order valence-electron chi connectivity index (χ4n) is 3.10. The summed E-state index contributed by atoms with van der Waals surface area (Å²) >= 11 is 6.64. The van der Waals surface area contributed by atoms with E-state index in [1.54, 1.807) is 6.07 Å². The van der Waals surface area contributed by atoms with Crippen LogP contribution in [0.3, 0.4) is 0 Å². The van der Waals surface area contributed by atoms with E-state index >= 15 is 0 Å². The Morgan fingerprint density at radius 1 is 1.22 bits per heavy atom. The van der Waals surface area contributed by atoms with Gasteiger partial charge in [-0.3, -0.25) is 9.59 Å². The largest absolute Gasteiger partial charge is 0.417 e. The molecule has 1 aromatic heterocycles. The first-order valence-corrected chi connectivity index (χ1v) is 10.3. The van der Waals surface area contributed by atoms with Crippen molar-refractivity contribution in [2.75, 3.05) is 26.0 Å². The van der Waals surface area contributed by atoms with Crippen LogP contribution >= 0.6 is 22.9 Å². The number of rotatable bonds is 6. The van der Waals surface area contributed by atoms with Crippen LogP contribution in [0.25, 0.3) is 10.1 Å². The number of methoxy groups -OCH3 is 1. The zero-order valence-corrected chi connectivity index (χ0v) is 18.4. The summed E-state index contributed by atoms with van der Waals surface area (Å²) in [5, 5.41) is 2.11. The van der Waals surface area contributed by atoms with Crippen LogP contribution in [0.2, 0.25) is 5.02 Å². The van der Waals surface area contributed by atoms with E-state index in [0.29, 0.717) is 16.3 Å². The van der Waals surface area contributed by atoms with Crippen molar-refractivity contribution in [3.63, 3.8) is 0 Å². The Kier molecular flexibility index (Phi) is 7.06. The van der Waals surface area contributed by atoms with Crippen LogP contribution in [0.1, 0.15) is 20.8 Å². The average molecular weight is 489 g/mol. The number of anilines is 1. The average Bonchev–Trinajstić information content (AvgIpc) is 3.08. The summed E-state index contributed by atoms with van der Waals surface area (Å²) in [7, 11) is 2.78. The fourth-order valence-corrected chi connectivity index (χ4v) is 4.54. The maximum atomic E-state index is 14.3. The van der Waals surface area contributed by atoms with E-state index in [2.05, 4.69) is 5.32 Å². The number of thiophene rings is 1. The summed E-state index contributed by atoms with van der Waals surface area (Å²) in [6, 6.07) is 7.44. The first kappa shape index (κ1) is 24.0. The van der Waals surface area contributed by atoms with Gasteiger partial charge in [0.15, 0.2) is 0 Å². The van der Waals surface area contributed by atoms with E-state index in [1.807, 2.05) is 0 Å². The molecule has 5 nitrogen and oxygen atoms in total. The number of alkyl halides is 3. The van der Waals surface area contributed by atoms with Crippen LogP contribution < -0.4 is 5.32 Å². The Hall–Kier alpha value is -2.69. The molecule has 0 bridgehead atoms. The number of ether oxygens (including phenoxy) is 1. The Labute approximate surface area is 189 Å². The Morgan fingerprint density at radius 3 is 2.59 bits per heavy atom. The molecule has 3 rings (SSSR count). The molecule has 0 aliphatic rings. The van der Waals surface area contributed by atoms with Crippen LogP contribution in [0, 0.1) is 5.82 Å². The highest BCUT2D eigenvalue weighted by molar-refractivity contribution is 7.21. The van der Waals surface area contributed by atoms with E-state index in [9.17, 15) is 27.2 Å². The van der Waals surface area contributed by atoms with Crippen LogP contribution in [0.5, 0.6) is 0 Å². The summed E-state index contributed by atoms with van der Waals surface area (Å²) in [6.45, 7) is -0.445. The molecule has 1 N–H and O–H groups in total. The molecule has 11 heteroatoms. The van der Waals surface area contributed by atoms with E-state index in [0.717, 1.165) is 22.3 Å². The Bertz CT molecular complexity index is 1180. The number of benzene rings is 2. The summed E-state index contributed by atoms with van der Waals surface area (Å²) < 4.78 is 59.0. The van der Waals surface area contributed by atoms with Crippen LogP contribution in [0.15, 0.2) is 36.4 Å². The molecule has 32 heavy (non-hydrogen) atoms. The van der Waals surface area contributed by atoms with Crippen molar-refractivity contribution in [3.05, 3.63) is 63.2 Å². The molecule has 0 aliphatic carbocycles. The zero-order valence-electron chi connectivity index (χ0n) is 16.8. The number of nitrogens with one attached hydrogen (secondary N) is 1. The number of nitrogens with zero attached hydrogens (tertiary/aromatic N) is 1. The molecule has 0 saturated carbocycles. The molecule has 0 radical (unpaired) electrons. The molecule has 1 heterocycles. The summed E-state index contributed by atoms with van der Waals surface area (Å²) in [4.78, 5) is 26.6. The lowest BCUT2D eigenvalue weighted by molar-refractivity contribution is -0.137. The van der Waals surface area contributed by atoms with Gasteiger partial charge in [0.1, 0.15) is 5.82 Å². The molecule has 170 valence electrons. The van der Waals surface area contributed by atoms with E-state index < -0.39 is 40.9 Å². The van der Waals surface area contributed by atoms with Gasteiger partial charge in [-0.2, -0.15) is 13.2 Å². The third kappa shape index (κ3) is 5.03. The van der Waals surface area contributed by atoms with Crippen molar-refractivity contribution in [2.24, 2.45) is 0 Å². The van der Waals surface area contributed by atoms with E-state index in [-0.39, 0.29) is 22.6 Å². The number of likely N-dealkylation sites (N-methyl/N-ethyl adjacent to an activating group) is 1. The van der Waals surface area contributed by atoms with Gasteiger partial charge in [-0.05, 0) is 30.3 Å². The molecule has 0 fully saturated rings. The third-order valence-electron chi connectivity index (χ3n) is 4.53. The molecule has 3 aromatic rings. The molecule has 0 spiro atoms. The first-order chi connectivity index (χ1) is 15.0. The van der Waals surface area contributed by atoms with Crippen molar-refractivity contribution in [3.8, 4) is 0 Å². The molecule has 2 aromatic carbocycles. The SMILES string of the molecule is COCc1c(C(=O)N(C)CC(=O)Nc2ccc(Cl)c(C(F)(F)F)c2)sc2cccc(F)c12. The fraction of sp³-hybridized carbons (Fsp3) is 0.238. The smallest absolute Gasteiger partial charge is 0.380 e. The number of fused-ring (bicyclic) bond motifs is 1. The second-order valence-electron chi connectivity index (χ2n) is 6.86. The molecule has 0 aliphatic heterocycles. The van der Waals surface area contributed by atoms with Gasteiger partial charge in [0.2, 0.25) is 5.91 Å². The lowest BCUT2D eigenvalue weighted by Crippen LogP contribution is -2.35. The summed E-state index contributed by atoms with van der Waals surface area (Å²) in [6.07, 6.45) is -4.68. The Balaban J connectivity index is 1.79. The quantitative estimate of drug-likeness (QED) is 0.461. The van der Waals surface area contributed by atoms with E-state index in [4.69, 9.17) is 16.3 Å². The predicted molar refractivity (Wildman–Crippen MR) is 115 cm³/mol. The van der Waals surface area contributed by atoms with Gasteiger partial charge >= 0.3 is 6.18 Å². The molecular formula is C21H17ClF4N2O3S. The zero-order chi connectivity index (χ0) is 23.6. The van der Waals surface area contributed by atoms with Crippen molar-refractivity contribution < 1.29 is 31.9 Å². The normalized spacial score (nSPS) is 11.6. The van der Waals surface area contributed by atoms with Gasteiger partial charge in [-0.25, -0.2) is 4.39 Å². The highest BCUT2D eigenvalue weighted by Gasteiger charge is 2.33. The highest BCUT2D eigenvalue weighted by Crippen LogP contribution is 2.36. The Morgan fingerprint density at radius 2 is 1.94 bits per heavy atom. The minimum Gasteiger partial charge on any atom is -0.380 e. The second kappa shape index (κ2) is 9.43. The maximum absolute atomic E-state index is 14.3. The lowest BCUT2D eigenvalue weighted by atomic mass is 10.1. The van der Waals surface area contributed by atoms with Crippen molar-refractivity contribution in [1.82, 2.24) is 4.90 Å². The molecule has 0 unspecified atom stereocenters. The minimum atomic E-state index is -4.68. The second-order valence-corrected chi connectivity index (χ2v) is 8.32. The van der Waals surface area contributed by atoms with Crippen molar-refractivity contribution in [1.29, 1.82) is 0 Å². The van der Waals surface area contributed by atoms with E-state index in [1.165, 1.54) is 32.4 Å². The summed E-state index contributed by atoms with van der Waals surface area (Å²) in [5.41, 5.74) is -0.829. The highest BCUT2D eigenvalue weighted by atomic mass is 35.5. The number of hydrogen-bond acceptors (Lipinski definition) is 4. The van der Waals surface area contributed by atoms with Crippen molar-refractivity contribution in [2.45, 2.75) is 12.8 Å². The third-order valence-corrected chi connectivity index (χ3v) is 6.04. The van der Waals surface area contributed by atoms with Crippen LogP contribution in [-0.2, 0) is 22.3 Å². The number of carbonyl (C=O) groups excluding carboxylic acids is 2. The number of amides is 2. The maximum Gasteiger partial charge on any atom is 0.417 e. The lowest BCUT2D eigenvalue weighted by Gasteiger charge is -2.17. The van der Waals surface area contributed by atoms with Crippen LogP contribution in [0.4, 0.5) is 23.2 Å². The molecule has 0 atom stereocenters. The summed E-state index contributed by atoms with van der Waals surface area (Å²) in [5.74, 6) is -1.75. The molecule has 2 amide bonds. The van der Waals surface area contributed by atoms with Crippen molar-refractivity contribution >= 4 is 50.5 Å². The van der Waals surface area contributed by atoms with Gasteiger partial charge in [0.05, 0.1) is 28.6 Å².